The molecule has 0 aromatic carbocycles. The van der Waals surface area contributed by atoms with E-state index < -0.39 is 16.5 Å². The molecule has 0 aliphatic heterocycles. The Morgan fingerprint density at radius 3 is 2.25 bits per heavy atom. The summed E-state index contributed by atoms with van der Waals surface area (Å²) in [5, 5.41) is 8.18. The van der Waals surface area contributed by atoms with Crippen LogP contribution in [0, 0.1) is 0 Å². The van der Waals surface area contributed by atoms with Gasteiger partial charge in [0.1, 0.15) is 0 Å². The highest BCUT2D eigenvalue weighted by molar-refractivity contribution is 14.1. The second-order valence-electron chi connectivity index (χ2n) is 0.938. The molecule has 46 valence electrons. The van der Waals surface area contributed by atoms with E-state index in [0.29, 0.717) is 0 Å². The Labute approximate surface area is 69.3 Å². The van der Waals surface area contributed by atoms with Crippen molar-refractivity contribution in [1.29, 1.82) is 0 Å². The average Bonchev–Trinajstić information content (AvgIpc) is 1.67. The van der Waals surface area contributed by atoms with E-state index in [9.17, 15) is 9.36 Å². The van der Waals surface area contributed by atoms with Crippen molar-refractivity contribution >= 4 is 53.0 Å². The van der Waals surface area contributed by atoms with Crippen LogP contribution in [0.1, 0.15) is 0 Å². The first kappa shape index (κ1) is 8.78. The number of carbonyl (C=O) groups is 1. The van der Waals surface area contributed by atoms with Crippen LogP contribution in [0.25, 0.3) is 0 Å². The maximum Gasteiger partial charge on any atom is 0.342 e. The van der Waals surface area contributed by atoms with Crippen molar-refractivity contribution in [1.82, 2.24) is 0 Å². The Morgan fingerprint density at radius 1 is 1.88 bits per heavy atom. The van der Waals surface area contributed by atoms with Gasteiger partial charge in [0, 0.05) is 0 Å². The van der Waals surface area contributed by atoms with Crippen molar-refractivity contribution < 1.29 is 14.5 Å². The molecule has 0 bridgehead atoms. The molecule has 0 fully saturated rings. The van der Waals surface area contributed by atoms with E-state index >= 15 is 0 Å². The number of alkyl halides is 2. The molecule has 0 aromatic heterocycles. The van der Waals surface area contributed by atoms with Crippen LogP contribution in [0.15, 0.2) is 0 Å². The summed E-state index contributed by atoms with van der Waals surface area (Å²) in [6.45, 7) is 0. The molecule has 1 N–H and O–H groups in total. The zero-order chi connectivity index (χ0) is 6.78. The second kappa shape index (κ2) is 3.08. The first-order valence-corrected chi connectivity index (χ1v) is 4.15. The highest BCUT2D eigenvalue weighted by Crippen LogP contribution is 2.37. The van der Waals surface area contributed by atoms with E-state index in [1.807, 2.05) is 0 Å². The van der Waals surface area contributed by atoms with Gasteiger partial charge in [-0.05, 0) is 38.5 Å². The van der Waals surface area contributed by atoms with Crippen molar-refractivity contribution in [2.45, 2.75) is 2.07 Å². The third-order valence-corrected chi connectivity index (χ3v) is 2.62. The van der Waals surface area contributed by atoms with Crippen molar-refractivity contribution in [2.75, 3.05) is 0 Å². The van der Waals surface area contributed by atoms with Gasteiger partial charge in [-0.3, -0.25) is 4.57 Å². The molecule has 0 radical (unpaired) electrons. The highest BCUT2D eigenvalue weighted by Gasteiger charge is 2.32. The number of carboxylic acid groups (broad SMARTS) is 1. The summed E-state index contributed by atoms with van der Waals surface area (Å²) in [4.78, 5) is 9.99. The molecule has 0 aliphatic rings. The van der Waals surface area contributed by atoms with Gasteiger partial charge < -0.3 is 5.11 Å². The molecular formula is C2HBrIO3P. The summed E-state index contributed by atoms with van der Waals surface area (Å²) in [6, 6.07) is 0. The Morgan fingerprint density at radius 2 is 2.25 bits per heavy atom. The first-order chi connectivity index (χ1) is 3.50. The van der Waals surface area contributed by atoms with Gasteiger partial charge in [-0.1, -0.05) is 0 Å². The summed E-state index contributed by atoms with van der Waals surface area (Å²) in [5.41, 5.74) is 0. The standard InChI is InChI=1S/C2HBrIO3P/c3-2(4,8-7)1(5)6/h(H,5,6). The summed E-state index contributed by atoms with van der Waals surface area (Å²) < 4.78 is 8.59. The lowest BCUT2D eigenvalue weighted by Gasteiger charge is -2.00. The number of carboxylic acids is 1. The predicted octanol–water partition coefficient (Wildman–Crippen LogP) is 1.85. The number of hydrogen-bond acceptors (Lipinski definition) is 2. The van der Waals surface area contributed by atoms with Crippen molar-refractivity contribution in [3.05, 3.63) is 0 Å². The monoisotopic (exact) mass is 310 g/mol. The van der Waals surface area contributed by atoms with E-state index in [0.717, 1.165) is 0 Å². The van der Waals surface area contributed by atoms with Crippen LogP contribution in [-0.4, -0.2) is 13.1 Å². The lowest BCUT2D eigenvalue weighted by molar-refractivity contribution is -0.134. The number of halogens is 2. The van der Waals surface area contributed by atoms with E-state index in [1.54, 1.807) is 0 Å². The molecule has 6 heteroatoms. The summed E-state index contributed by atoms with van der Waals surface area (Å²) >= 11 is 4.23. The lowest BCUT2D eigenvalue weighted by Crippen LogP contribution is -2.15. The molecule has 0 heterocycles. The largest absolute Gasteiger partial charge is 0.479 e. The van der Waals surface area contributed by atoms with Crippen LogP contribution >= 0.6 is 47.0 Å². The fourth-order valence-electron chi connectivity index (χ4n) is 0.0390. The Hall–Kier alpha value is 0.780. The summed E-state index contributed by atoms with van der Waals surface area (Å²) in [7, 11) is -0.446. The second-order valence-corrected chi connectivity index (χ2v) is 7.55. The Bertz CT molecular complexity index is 124. The molecule has 8 heavy (non-hydrogen) atoms. The van der Waals surface area contributed by atoms with Crippen LogP contribution in [0.3, 0.4) is 0 Å². The summed E-state index contributed by atoms with van der Waals surface area (Å²) in [5.74, 6) is -1.14. The molecule has 3 nitrogen and oxygen atoms in total. The van der Waals surface area contributed by atoms with Crippen molar-refractivity contribution in [2.24, 2.45) is 0 Å². The maximum atomic E-state index is 9.99. The van der Waals surface area contributed by atoms with E-state index in [4.69, 9.17) is 5.11 Å². The van der Waals surface area contributed by atoms with Gasteiger partial charge in [-0.15, -0.1) is 0 Å². The highest BCUT2D eigenvalue weighted by atomic mass is 127. The number of aliphatic carboxylic acids is 1. The first-order valence-electron chi connectivity index (χ1n) is 1.46. The van der Waals surface area contributed by atoms with Gasteiger partial charge in [-0.25, -0.2) is 4.79 Å². The molecule has 1 atom stereocenters. The molecule has 0 rings (SSSR count). The molecule has 0 aliphatic carbocycles. The number of hydrogen-bond donors (Lipinski definition) is 1. The molecule has 0 saturated carbocycles. The molecular weight excluding hydrogens is 310 g/mol. The smallest absolute Gasteiger partial charge is 0.342 e. The normalized spacial score (nSPS) is 17.8. The minimum Gasteiger partial charge on any atom is -0.479 e. The fourth-order valence-corrected chi connectivity index (χ4v) is 0.117. The molecule has 0 aromatic rings. The quantitative estimate of drug-likeness (QED) is 0.481. The van der Waals surface area contributed by atoms with Gasteiger partial charge in [0.25, 0.3) is 2.07 Å². The minimum atomic E-state index is -1.34. The topological polar surface area (TPSA) is 54.4 Å². The Kier molecular flexibility index (Phi) is 3.38. The molecule has 0 spiro atoms. The van der Waals surface area contributed by atoms with Gasteiger partial charge in [-0.2, -0.15) is 0 Å². The van der Waals surface area contributed by atoms with Gasteiger partial charge in [0.2, 0.25) is 0 Å². The molecule has 0 saturated heterocycles. The third kappa shape index (κ3) is 2.37. The lowest BCUT2D eigenvalue weighted by atomic mass is 10.8. The zero-order valence-electron chi connectivity index (χ0n) is 3.47. The predicted molar refractivity (Wildman–Crippen MR) is 40.9 cm³/mol. The van der Waals surface area contributed by atoms with Crippen LogP contribution in [0.5, 0.6) is 0 Å². The third-order valence-electron chi connectivity index (χ3n) is 0.372. The average molecular weight is 311 g/mol. The van der Waals surface area contributed by atoms with Crippen LogP contribution in [-0.2, 0) is 9.36 Å². The summed E-state index contributed by atoms with van der Waals surface area (Å²) in [6.07, 6.45) is 0. The minimum absolute atomic E-state index is 0.446. The SMILES string of the molecule is O=PC(Br)(I)C(=O)O. The van der Waals surface area contributed by atoms with Crippen LogP contribution in [0.2, 0.25) is 0 Å². The van der Waals surface area contributed by atoms with Gasteiger partial charge >= 0.3 is 5.97 Å². The fraction of sp³-hybridized carbons (Fsp3) is 0.500. The molecule has 1 unspecified atom stereocenters. The van der Waals surface area contributed by atoms with Gasteiger partial charge in [0.05, 0.1) is 0 Å². The van der Waals surface area contributed by atoms with E-state index in [1.165, 1.54) is 22.6 Å². The van der Waals surface area contributed by atoms with E-state index in [2.05, 4.69) is 15.9 Å². The van der Waals surface area contributed by atoms with E-state index in [-0.39, 0.29) is 0 Å². The zero-order valence-corrected chi connectivity index (χ0v) is 8.10. The Balaban J connectivity index is 4.12. The van der Waals surface area contributed by atoms with Crippen LogP contribution < -0.4 is 0 Å². The number of rotatable bonds is 2. The van der Waals surface area contributed by atoms with Crippen molar-refractivity contribution in [3.63, 3.8) is 0 Å². The maximum absolute atomic E-state index is 9.99. The molecule has 0 amide bonds. The van der Waals surface area contributed by atoms with Crippen molar-refractivity contribution in [3.8, 4) is 0 Å². The van der Waals surface area contributed by atoms with Crippen LogP contribution in [0.4, 0.5) is 0 Å². The van der Waals surface area contributed by atoms with Gasteiger partial charge in [0.15, 0.2) is 8.46 Å².